The SMILES string of the molecule is Cc1[nH]c2ccc(NC(=O)c3ccc(F)cc3)cc2c1CCN. The monoisotopic (exact) mass is 311 g/mol. The summed E-state index contributed by atoms with van der Waals surface area (Å²) in [6.45, 7) is 2.59. The molecule has 0 aliphatic carbocycles. The maximum atomic E-state index is 12.9. The van der Waals surface area contributed by atoms with Gasteiger partial charge < -0.3 is 16.0 Å². The lowest BCUT2D eigenvalue weighted by Crippen LogP contribution is -2.11. The number of carbonyl (C=O) groups excluding carboxylic acids is 1. The molecule has 0 atom stereocenters. The minimum absolute atomic E-state index is 0.267. The van der Waals surface area contributed by atoms with Crippen molar-refractivity contribution in [2.75, 3.05) is 11.9 Å². The van der Waals surface area contributed by atoms with Crippen LogP contribution in [0.25, 0.3) is 10.9 Å². The second-order valence-corrected chi connectivity index (χ2v) is 5.49. The molecule has 0 saturated heterocycles. The third-order valence-electron chi connectivity index (χ3n) is 3.88. The molecule has 2 aromatic carbocycles. The summed E-state index contributed by atoms with van der Waals surface area (Å²) in [6, 6.07) is 11.2. The van der Waals surface area contributed by atoms with Gasteiger partial charge in [0.05, 0.1) is 0 Å². The highest BCUT2D eigenvalue weighted by atomic mass is 19.1. The molecule has 0 radical (unpaired) electrons. The number of fused-ring (bicyclic) bond motifs is 1. The van der Waals surface area contributed by atoms with Gasteiger partial charge in [-0.1, -0.05) is 0 Å². The first-order chi connectivity index (χ1) is 11.1. The van der Waals surface area contributed by atoms with E-state index in [-0.39, 0.29) is 11.7 Å². The second-order valence-electron chi connectivity index (χ2n) is 5.49. The van der Waals surface area contributed by atoms with Crippen LogP contribution in [-0.4, -0.2) is 17.4 Å². The van der Waals surface area contributed by atoms with Crippen molar-refractivity contribution in [2.45, 2.75) is 13.3 Å². The fourth-order valence-corrected chi connectivity index (χ4v) is 2.73. The molecule has 1 amide bonds. The molecule has 23 heavy (non-hydrogen) atoms. The summed E-state index contributed by atoms with van der Waals surface area (Å²) in [5.74, 6) is -0.630. The molecule has 1 aromatic heterocycles. The Kier molecular flexibility index (Phi) is 4.12. The molecule has 4 nitrogen and oxygen atoms in total. The van der Waals surface area contributed by atoms with E-state index in [1.54, 1.807) is 0 Å². The Morgan fingerprint density at radius 1 is 1.22 bits per heavy atom. The van der Waals surface area contributed by atoms with Crippen LogP contribution in [0.5, 0.6) is 0 Å². The molecule has 0 unspecified atom stereocenters. The number of aryl methyl sites for hydroxylation is 1. The number of halogens is 1. The van der Waals surface area contributed by atoms with Gasteiger partial charge in [-0.2, -0.15) is 0 Å². The van der Waals surface area contributed by atoms with E-state index >= 15 is 0 Å². The number of anilines is 1. The topological polar surface area (TPSA) is 70.9 Å². The van der Waals surface area contributed by atoms with E-state index < -0.39 is 0 Å². The zero-order chi connectivity index (χ0) is 16.4. The van der Waals surface area contributed by atoms with Crippen LogP contribution in [0.15, 0.2) is 42.5 Å². The summed E-state index contributed by atoms with van der Waals surface area (Å²) in [5, 5.41) is 3.90. The molecule has 3 aromatic rings. The summed E-state index contributed by atoms with van der Waals surface area (Å²) in [5.41, 5.74) is 10.1. The highest BCUT2D eigenvalue weighted by Crippen LogP contribution is 2.26. The third-order valence-corrected chi connectivity index (χ3v) is 3.88. The molecule has 0 saturated carbocycles. The average Bonchev–Trinajstić information content (AvgIpc) is 2.84. The van der Waals surface area contributed by atoms with Crippen molar-refractivity contribution in [3.63, 3.8) is 0 Å². The van der Waals surface area contributed by atoms with Gasteiger partial charge >= 0.3 is 0 Å². The maximum Gasteiger partial charge on any atom is 0.255 e. The van der Waals surface area contributed by atoms with E-state index in [9.17, 15) is 9.18 Å². The highest BCUT2D eigenvalue weighted by molar-refractivity contribution is 6.05. The molecule has 5 heteroatoms. The maximum absolute atomic E-state index is 12.9. The third kappa shape index (κ3) is 3.10. The first kappa shape index (κ1) is 15.2. The van der Waals surface area contributed by atoms with Crippen LogP contribution < -0.4 is 11.1 Å². The molecule has 118 valence electrons. The largest absolute Gasteiger partial charge is 0.358 e. The summed E-state index contributed by atoms with van der Waals surface area (Å²) in [6.07, 6.45) is 0.779. The molecule has 3 rings (SSSR count). The van der Waals surface area contributed by atoms with Gasteiger partial charge in [-0.25, -0.2) is 4.39 Å². The number of amides is 1. The first-order valence-electron chi connectivity index (χ1n) is 7.46. The van der Waals surface area contributed by atoms with Crippen molar-refractivity contribution >= 4 is 22.5 Å². The summed E-state index contributed by atoms with van der Waals surface area (Å²) in [7, 11) is 0. The predicted molar refractivity (Wildman–Crippen MR) is 90.1 cm³/mol. The van der Waals surface area contributed by atoms with E-state index in [4.69, 9.17) is 5.73 Å². The Morgan fingerprint density at radius 3 is 2.65 bits per heavy atom. The molecule has 4 N–H and O–H groups in total. The van der Waals surface area contributed by atoms with Gasteiger partial charge in [-0.15, -0.1) is 0 Å². The number of nitrogens with one attached hydrogen (secondary N) is 2. The Hall–Kier alpha value is -2.66. The Bertz CT molecular complexity index is 853. The lowest BCUT2D eigenvalue weighted by atomic mass is 10.1. The van der Waals surface area contributed by atoms with E-state index in [1.165, 1.54) is 29.8 Å². The standard InChI is InChI=1S/C18H18FN3O/c1-11-15(8-9-20)16-10-14(6-7-17(16)21-11)22-18(23)12-2-4-13(19)5-3-12/h2-7,10,21H,8-9,20H2,1H3,(H,22,23). The average molecular weight is 311 g/mol. The molecule has 0 spiro atoms. The Labute approximate surface area is 133 Å². The smallest absolute Gasteiger partial charge is 0.255 e. The van der Waals surface area contributed by atoms with Crippen molar-refractivity contribution in [3.05, 3.63) is 65.1 Å². The number of hydrogen-bond acceptors (Lipinski definition) is 2. The molecular weight excluding hydrogens is 293 g/mol. The molecular formula is C18H18FN3O. The van der Waals surface area contributed by atoms with Gasteiger partial charge in [0.2, 0.25) is 0 Å². The number of H-pyrrole nitrogens is 1. The highest BCUT2D eigenvalue weighted by Gasteiger charge is 2.10. The van der Waals surface area contributed by atoms with E-state index in [0.717, 1.165) is 23.0 Å². The minimum Gasteiger partial charge on any atom is -0.358 e. The van der Waals surface area contributed by atoms with Gasteiger partial charge in [0.25, 0.3) is 5.91 Å². The van der Waals surface area contributed by atoms with Gasteiger partial charge in [-0.05, 0) is 67.9 Å². The van der Waals surface area contributed by atoms with Crippen molar-refractivity contribution < 1.29 is 9.18 Å². The number of aromatic nitrogens is 1. The van der Waals surface area contributed by atoms with Gasteiger partial charge in [0.1, 0.15) is 5.82 Å². The van der Waals surface area contributed by atoms with Crippen LogP contribution in [-0.2, 0) is 6.42 Å². The number of hydrogen-bond donors (Lipinski definition) is 3. The Balaban J connectivity index is 1.89. The molecule has 0 aliphatic heterocycles. The minimum atomic E-state index is -0.364. The van der Waals surface area contributed by atoms with Crippen molar-refractivity contribution in [3.8, 4) is 0 Å². The van der Waals surface area contributed by atoms with E-state index in [2.05, 4.69) is 10.3 Å². The van der Waals surface area contributed by atoms with Gasteiger partial charge in [0, 0.05) is 27.8 Å². The van der Waals surface area contributed by atoms with Gasteiger partial charge in [-0.3, -0.25) is 4.79 Å². The normalized spacial score (nSPS) is 10.9. The van der Waals surface area contributed by atoms with Crippen LogP contribution in [0.3, 0.4) is 0 Å². The zero-order valence-corrected chi connectivity index (χ0v) is 12.8. The zero-order valence-electron chi connectivity index (χ0n) is 12.8. The van der Waals surface area contributed by atoms with Crippen LogP contribution in [0.2, 0.25) is 0 Å². The number of nitrogens with two attached hydrogens (primary N) is 1. The summed E-state index contributed by atoms with van der Waals surface area (Å²) < 4.78 is 12.9. The van der Waals surface area contributed by atoms with Crippen molar-refractivity contribution in [2.24, 2.45) is 5.73 Å². The number of aromatic amines is 1. The molecule has 0 aliphatic rings. The molecule has 0 bridgehead atoms. The van der Waals surface area contributed by atoms with Crippen LogP contribution in [0, 0.1) is 12.7 Å². The lowest BCUT2D eigenvalue weighted by Gasteiger charge is -2.06. The number of rotatable bonds is 4. The lowest BCUT2D eigenvalue weighted by molar-refractivity contribution is 0.102. The van der Waals surface area contributed by atoms with Crippen LogP contribution in [0.4, 0.5) is 10.1 Å². The number of carbonyl (C=O) groups is 1. The van der Waals surface area contributed by atoms with E-state index in [1.807, 2.05) is 25.1 Å². The quantitative estimate of drug-likeness (QED) is 0.691. The first-order valence-corrected chi connectivity index (χ1v) is 7.46. The molecule has 0 fully saturated rings. The predicted octanol–water partition coefficient (Wildman–Crippen LogP) is 3.37. The van der Waals surface area contributed by atoms with E-state index in [0.29, 0.717) is 17.8 Å². The fourth-order valence-electron chi connectivity index (χ4n) is 2.73. The summed E-state index contributed by atoms with van der Waals surface area (Å²) in [4.78, 5) is 15.5. The van der Waals surface area contributed by atoms with Crippen LogP contribution in [0.1, 0.15) is 21.6 Å². The Morgan fingerprint density at radius 2 is 1.96 bits per heavy atom. The van der Waals surface area contributed by atoms with Crippen molar-refractivity contribution in [1.82, 2.24) is 4.98 Å². The van der Waals surface area contributed by atoms with Crippen molar-refractivity contribution in [1.29, 1.82) is 0 Å². The summed E-state index contributed by atoms with van der Waals surface area (Å²) >= 11 is 0. The van der Waals surface area contributed by atoms with Gasteiger partial charge in [0.15, 0.2) is 0 Å². The fraction of sp³-hybridized carbons (Fsp3) is 0.167. The second kappa shape index (κ2) is 6.22. The molecule has 1 heterocycles. The number of benzene rings is 2. The van der Waals surface area contributed by atoms with Crippen LogP contribution >= 0.6 is 0 Å².